The lowest BCUT2D eigenvalue weighted by Gasteiger charge is -2.28. The summed E-state index contributed by atoms with van der Waals surface area (Å²) in [5, 5.41) is 4.29. The topological polar surface area (TPSA) is 55.7 Å². The third-order valence-corrected chi connectivity index (χ3v) is 5.69. The Hall–Kier alpha value is -2.99. The molecule has 1 saturated heterocycles. The van der Waals surface area contributed by atoms with Gasteiger partial charge in [0.15, 0.2) is 0 Å². The zero-order valence-corrected chi connectivity index (χ0v) is 17.9. The number of hydrogen-bond acceptors (Lipinski definition) is 4. The van der Waals surface area contributed by atoms with Gasteiger partial charge in [0.1, 0.15) is 5.75 Å². The number of benzene rings is 2. The number of carbonyl (C=O) groups is 1. The molecule has 158 valence electrons. The van der Waals surface area contributed by atoms with Crippen molar-refractivity contribution in [2.45, 2.75) is 19.4 Å². The molecule has 1 amide bonds. The summed E-state index contributed by atoms with van der Waals surface area (Å²) in [7, 11) is 3.72. The van der Waals surface area contributed by atoms with E-state index in [-0.39, 0.29) is 11.9 Å². The van der Waals surface area contributed by atoms with Crippen molar-refractivity contribution in [1.82, 2.24) is 9.88 Å². The fraction of sp³-hybridized carbons (Fsp3) is 0.375. The summed E-state index contributed by atoms with van der Waals surface area (Å²) in [6.07, 6.45) is 2.88. The van der Waals surface area contributed by atoms with Crippen LogP contribution >= 0.6 is 0 Å². The predicted octanol–water partition coefficient (Wildman–Crippen LogP) is 3.38. The van der Waals surface area contributed by atoms with Crippen LogP contribution in [0.25, 0.3) is 10.9 Å². The maximum absolute atomic E-state index is 12.7. The molecule has 1 aliphatic heterocycles. The fourth-order valence-electron chi connectivity index (χ4n) is 4.08. The van der Waals surface area contributed by atoms with Gasteiger partial charge in [-0.15, -0.1) is 0 Å². The van der Waals surface area contributed by atoms with Crippen molar-refractivity contribution >= 4 is 22.5 Å². The van der Waals surface area contributed by atoms with E-state index in [0.29, 0.717) is 5.56 Å². The highest BCUT2D eigenvalue weighted by molar-refractivity contribution is 5.94. The van der Waals surface area contributed by atoms with Crippen LogP contribution in [0.5, 0.6) is 5.75 Å². The molecule has 1 fully saturated rings. The average Bonchev–Trinajstić information content (AvgIpc) is 3.08. The SMILES string of the molecule is COc1ccc2c(c1)c(C[C@@H](C)NC(=O)c1ccc(N3CCOCC3)cc1)cn2C. The third kappa shape index (κ3) is 4.28. The van der Waals surface area contributed by atoms with Gasteiger partial charge in [-0.2, -0.15) is 0 Å². The summed E-state index contributed by atoms with van der Waals surface area (Å²) in [6.45, 7) is 5.31. The normalized spacial score (nSPS) is 15.2. The highest BCUT2D eigenvalue weighted by Gasteiger charge is 2.16. The van der Waals surface area contributed by atoms with E-state index in [0.717, 1.165) is 55.1 Å². The molecule has 1 N–H and O–H groups in total. The number of amides is 1. The summed E-state index contributed by atoms with van der Waals surface area (Å²) in [6, 6.07) is 13.9. The first-order valence-electron chi connectivity index (χ1n) is 10.4. The average molecular weight is 408 g/mol. The van der Waals surface area contributed by atoms with Gasteiger partial charge in [0.25, 0.3) is 5.91 Å². The lowest BCUT2D eigenvalue weighted by atomic mass is 10.1. The van der Waals surface area contributed by atoms with Crippen molar-refractivity contribution < 1.29 is 14.3 Å². The highest BCUT2D eigenvalue weighted by Crippen LogP contribution is 2.26. The number of nitrogens with zero attached hydrogens (tertiary/aromatic N) is 2. The van der Waals surface area contributed by atoms with Gasteiger partial charge in [0, 0.05) is 54.5 Å². The van der Waals surface area contributed by atoms with Gasteiger partial charge >= 0.3 is 0 Å². The van der Waals surface area contributed by atoms with Crippen molar-refractivity contribution in [3.8, 4) is 5.75 Å². The number of methoxy groups -OCH3 is 1. The third-order valence-electron chi connectivity index (χ3n) is 5.69. The number of aromatic nitrogens is 1. The van der Waals surface area contributed by atoms with Crippen LogP contribution in [0.4, 0.5) is 5.69 Å². The van der Waals surface area contributed by atoms with Crippen LogP contribution in [0.15, 0.2) is 48.7 Å². The van der Waals surface area contributed by atoms with Gasteiger partial charge in [-0.05, 0) is 61.4 Å². The summed E-state index contributed by atoms with van der Waals surface area (Å²) >= 11 is 0. The van der Waals surface area contributed by atoms with Crippen LogP contribution < -0.4 is 15.0 Å². The van der Waals surface area contributed by atoms with Crippen molar-refractivity contribution in [2.24, 2.45) is 7.05 Å². The molecule has 6 heteroatoms. The minimum atomic E-state index is -0.0474. The van der Waals surface area contributed by atoms with Crippen LogP contribution in [0.1, 0.15) is 22.8 Å². The second-order valence-corrected chi connectivity index (χ2v) is 7.87. The Kier molecular flexibility index (Phi) is 5.95. The number of nitrogens with one attached hydrogen (secondary N) is 1. The summed E-state index contributed by atoms with van der Waals surface area (Å²) in [4.78, 5) is 15.0. The first-order valence-corrected chi connectivity index (χ1v) is 10.4. The number of hydrogen-bond donors (Lipinski definition) is 1. The van der Waals surface area contributed by atoms with E-state index in [9.17, 15) is 4.79 Å². The molecule has 0 radical (unpaired) electrons. The van der Waals surface area contributed by atoms with E-state index in [1.54, 1.807) is 7.11 Å². The van der Waals surface area contributed by atoms with E-state index in [2.05, 4.69) is 33.1 Å². The number of ether oxygens (including phenoxy) is 2. The van der Waals surface area contributed by atoms with Gasteiger partial charge in [0.05, 0.1) is 20.3 Å². The van der Waals surface area contributed by atoms with E-state index in [1.165, 1.54) is 5.56 Å². The molecule has 30 heavy (non-hydrogen) atoms. The van der Waals surface area contributed by atoms with Crippen molar-refractivity contribution in [3.63, 3.8) is 0 Å². The molecule has 0 aliphatic carbocycles. The lowest BCUT2D eigenvalue weighted by Crippen LogP contribution is -2.36. The molecular weight excluding hydrogens is 378 g/mol. The number of anilines is 1. The summed E-state index contributed by atoms with van der Waals surface area (Å²) in [5.41, 5.74) is 4.16. The molecule has 4 rings (SSSR count). The van der Waals surface area contributed by atoms with Crippen LogP contribution in [0.3, 0.4) is 0 Å². The molecule has 0 bridgehead atoms. The molecule has 2 heterocycles. The van der Waals surface area contributed by atoms with Crippen LogP contribution in [-0.2, 0) is 18.2 Å². The van der Waals surface area contributed by atoms with Crippen LogP contribution in [-0.4, -0.2) is 49.9 Å². The van der Waals surface area contributed by atoms with E-state index >= 15 is 0 Å². The Labute approximate surface area is 177 Å². The zero-order chi connectivity index (χ0) is 21.1. The molecule has 0 spiro atoms. The summed E-state index contributed by atoms with van der Waals surface area (Å²) in [5.74, 6) is 0.792. The molecule has 0 saturated carbocycles. The van der Waals surface area contributed by atoms with Crippen molar-refractivity contribution in [3.05, 3.63) is 59.8 Å². The Morgan fingerprint density at radius 3 is 2.60 bits per heavy atom. The molecule has 2 aromatic carbocycles. The minimum Gasteiger partial charge on any atom is -0.497 e. The van der Waals surface area contributed by atoms with Gasteiger partial charge < -0.3 is 24.3 Å². The molecule has 1 aromatic heterocycles. The van der Waals surface area contributed by atoms with Crippen molar-refractivity contribution in [1.29, 1.82) is 0 Å². The molecule has 1 aliphatic rings. The maximum atomic E-state index is 12.7. The number of rotatable bonds is 6. The quantitative estimate of drug-likeness (QED) is 0.681. The summed E-state index contributed by atoms with van der Waals surface area (Å²) < 4.78 is 12.9. The Balaban J connectivity index is 1.42. The largest absolute Gasteiger partial charge is 0.497 e. The number of aryl methyl sites for hydroxylation is 1. The standard InChI is InChI=1S/C24H29N3O3/c1-17(14-19-16-26(2)23-9-8-21(29-3)15-22(19)23)25-24(28)18-4-6-20(7-5-18)27-10-12-30-13-11-27/h4-9,15-17H,10-14H2,1-3H3,(H,25,28)/t17-/m1/s1. The van der Waals surface area contributed by atoms with E-state index < -0.39 is 0 Å². The number of fused-ring (bicyclic) bond motifs is 1. The Morgan fingerprint density at radius 1 is 1.17 bits per heavy atom. The molecule has 6 nitrogen and oxygen atoms in total. The second-order valence-electron chi connectivity index (χ2n) is 7.87. The molecule has 1 atom stereocenters. The van der Waals surface area contributed by atoms with Crippen molar-refractivity contribution in [2.75, 3.05) is 38.3 Å². The smallest absolute Gasteiger partial charge is 0.251 e. The van der Waals surface area contributed by atoms with Crippen LogP contribution in [0, 0.1) is 0 Å². The molecule has 0 unspecified atom stereocenters. The lowest BCUT2D eigenvalue weighted by molar-refractivity contribution is 0.0940. The van der Waals surface area contributed by atoms with Gasteiger partial charge in [-0.1, -0.05) is 0 Å². The Bertz CT molecular complexity index is 1020. The van der Waals surface area contributed by atoms with Crippen LogP contribution in [0.2, 0.25) is 0 Å². The maximum Gasteiger partial charge on any atom is 0.251 e. The first-order chi connectivity index (χ1) is 14.5. The van der Waals surface area contributed by atoms with Gasteiger partial charge in [-0.3, -0.25) is 4.79 Å². The van der Waals surface area contributed by atoms with E-state index in [4.69, 9.17) is 9.47 Å². The monoisotopic (exact) mass is 407 g/mol. The number of morpholine rings is 1. The highest BCUT2D eigenvalue weighted by atomic mass is 16.5. The molecule has 3 aromatic rings. The van der Waals surface area contributed by atoms with Gasteiger partial charge in [0.2, 0.25) is 0 Å². The Morgan fingerprint density at radius 2 is 1.90 bits per heavy atom. The molecular formula is C24H29N3O3. The predicted molar refractivity (Wildman–Crippen MR) is 120 cm³/mol. The van der Waals surface area contributed by atoms with E-state index in [1.807, 2.05) is 44.3 Å². The zero-order valence-electron chi connectivity index (χ0n) is 17.9. The number of carbonyl (C=O) groups excluding carboxylic acids is 1. The second kappa shape index (κ2) is 8.79. The first kappa shape index (κ1) is 20.3. The van der Waals surface area contributed by atoms with Gasteiger partial charge in [-0.25, -0.2) is 0 Å². The minimum absolute atomic E-state index is 0.00761. The fourth-order valence-corrected chi connectivity index (χ4v) is 4.08.